The van der Waals surface area contributed by atoms with Crippen LogP contribution in [-0.2, 0) is 16.1 Å². The van der Waals surface area contributed by atoms with E-state index in [1.165, 1.54) is 12.1 Å². The molecule has 1 atom stereocenters. The Morgan fingerprint density at radius 1 is 1.11 bits per heavy atom. The Balaban J connectivity index is 1.93. The fraction of sp³-hybridized carbons (Fsp3) is 0.238. The molecule has 0 aromatic heterocycles. The van der Waals surface area contributed by atoms with Crippen LogP contribution in [0.25, 0.3) is 0 Å². The van der Waals surface area contributed by atoms with E-state index in [2.05, 4.69) is 10.6 Å². The van der Waals surface area contributed by atoms with Gasteiger partial charge in [-0.15, -0.1) is 0 Å². The Labute approximate surface area is 157 Å². The molecule has 0 aliphatic carbocycles. The second kappa shape index (κ2) is 8.03. The van der Waals surface area contributed by atoms with Crippen molar-refractivity contribution in [1.29, 1.82) is 0 Å². The summed E-state index contributed by atoms with van der Waals surface area (Å²) in [4.78, 5) is 25.0. The number of ether oxygens (including phenoxy) is 1. The number of urea groups is 1. The SMILES string of the molecule is CC(C)C1=C(C(=O)OCc2ccccc2)C(c2ccc(F)cc2)NC(=O)N1. The van der Waals surface area contributed by atoms with Gasteiger partial charge in [-0.1, -0.05) is 56.3 Å². The molecule has 0 saturated heterocycles. The van der Waals surface area contributed by atoms with Gasteiger partial charge in [0.2, 0.25) is 0 Å². The largest absolute Gasteiger partial charge is 0.457 e. The van der Waals surface area contributed by atoms with E-state index in [9.17, 15) is 14.0 Å². The van der Waals surface area contributed by atoms with Crippen LogP contribution in [0.3, 0.4) is 0 Å². The van der Waals surface area contributed by atoms with Gasteiger partial charge in [-0.3, -0.25) is 0 Å². The lowest BCUT2D eigenvalue weighted by atomic mass is 9.91. The van der Waals surface area contributed by atoms with Crippen molar-refractivity contribution in [2.75, 3.05) is 0 Å². The van der Waals surface area contributed by atoms with E-state index in [1.54, 1.807) is 12.1 Å². The molecule has 2 amide bonds. The third kappa shape index (κ3) is 4.34. The molecule has 0 bridgehead atoms. The first-order valence-corrected chi connectivity index (χ1v) is 8.74. The minimum atomic E-state index is -0.708. The number of carbonyl (C=O) groups is 2. The van der Waals surface area contributed by atoms with Gasteiger partial charge < -0.3 is 15.4 Å². The first-order chi connectivity index (χ1) is 13.0. The van der Waals surface area contributed by atoms with Crippen LogP contribution in [0.1, 0.15) is 31.0 Å². The van der Waals surface area contributed by atoms with Crippen LogP contribution in [0, 0.1) is 11.7 Å². The summed E-state index contributed by atoms with van der Waals surface area (Å²) < 4.78 is 18.8. The van der Waals surface area contributed by atoms with E-state index >= 15 is 0 Å². The van der Waals surface area contributed by atoms with Crippen LogP contribution < -0.4 is 10.6 Å². The molecule has 1 aliphatic heterocycles. The number of halogens is 1. The summed E-state index contributed by atoms with van der Waals surface area (Å²) in [6.45, 7) is 3.89. The summed E-state index contributed by atoms with van der Waals surface area (Å²) in [7, 11) is 0. The zero-order valence-corrected chi connectivity index (χ0v) is 15.2. The number of rotatable bonds is 5. The Bertz CT molecular complexity index is 861. The Morgan fingerprint density at radius 2 is 1.78 bits per heavy atom. The van der Waals surface area contributed by atoms with Gasteiger partial charge in [0.15, 0.2) is 0 Å². The number of carbonyl (C=O) groups excluding carboxylic acids is 2. The zero-order chi connectivity index (χ0) is 19.4. The van der Waals surface area contributed by atoms with Crippen molar-refractivity contribution in [1.82, 2.24) is 10.6 Å². The van der Waals surface area contributed by atoms with Crippen molar-refractivity contribution in [3.8, 4) is 0 Å². The predicted octanol–water partition coefficient (Wildman–Crippen LogP) is 3.83. The quantitative estimate of drug-likeness (QED) is 0.788. The van der Waals surface area contributed by atoms with Crippen LogP contribution in [0.15, 0.2) is 65.9 Å². The van der Waals surface area contributed by atoms with Gasteiger partial charge in [-0.2, -0.15) is 0 Å². The lowest BCUT2D eigenvalue weighted by Crippen LogP contribution is -2.47. The molecule has 1 aliphatic rings. The molecule has 2 aromatic rings. The Kier molecular flexibility index (Phi) is 5.54. The van der Waals surface area contributed by atoms with Gasteiger partial charge in [-0.25, -0.2) is 14.0 Å². The Morgan fingerprint density at radius 3 is 2.41 bits per heavy atom. The smallest absolute Gasteiger partial charge is 0.338 e. The Hall–Kier alpha value is -3.15. The minimum absolute atomic E-state index is 0.0988. The van der Waals surface area contributed by atoms with Crippen LogP contribution in [0.5, 0.6) is 0 Å². The molecule has 2 aromatic carbocycles. The second-order valence-electron chi connectivity index (χ2n) is 6.63. The van der Waals surface area contributed by atoms with Gasteiger partial charge in [0.25, 0.3) is 0 Å². The van der Waals surface area contributed by atoms with Crippen LogP contribution in [0.2, 0.25) is 0 Å². The van der Waals surface area contributed by atoms with E-state index in [0.717, 1.165) is 5.56 Å². The van der Waals surface area contributed by atoms with Crippen molar-refractivity contribution in [2.24, 2.45) is 5.92 Å². The van der Waals surface area contributed by atoms with E-state index in [0.29, 0.717) is 16.8 Å². The maximum absolute atomic E-state index is 13.3. The third-order valence-electron chi connectivity index (χ3n) is 4.32. The van der Waals surface area contributed by atoms with Crippen molar-refractivity contribution < 1.29 is 18.7 Å². The molecule has 0 radical (unpaired) electrons. The maximum atomic E-state index is 13.3. The van der Waals surface area contributed by atoms with Crippen LogP contribution in [0.4, 0.5) is 9.18 Å². The standard InChI is InChI=1S/C21H21FN2O3/c1-13(2)18-17(20(25)27-12-14-6-4-3-5-7-14)19(24-21(26)23-18)15-8-10-16(22)11-9-15/h3-11,13,19H,12H2,1-2H3,(H2,23,24,26). The van der Waals surface area contributed by atoms with Gasteiger partial charge >= 0.3 is 12.0 Å². The first-order valence-electron chi connectivity index (χ1n) is 8.74. The number of allylic oxidation sites excluding steroid dienone is 1. The summed E-state index contributed by atoms with van der Waals surface area (Å²) >= 11 is 0. The summed E-state index contributed by atoms with van der Waals surface area (Å²) in [6, 6.07) is 13.9. The number of hydrogen-bond donors (Lipinski definition) is 2. The fourth-order valence-corrected chi connectivity index (χ4v) is 2.97. The molecule has 5 nitrogen and oxygen atoms in total. The lowest BCUT2D eigenvalue weighted by molar-refractivity contribution is -0.140. The van der Waals surface area contributed by atoms with Crippen molar-refractivity contribution in [2.45, 2.75) is 26.5 Å². The van der Waals surface area contributed by atoms with Crippen LogP contribution in [-0.4, -0.2) is 12.0 Å². The normalized spacial score (nSPS) is 16.7. The van der Waals surface area contributed by atoms with Gasteiger partial charge in [0.1, 0.15) is 12.4 Å². The molecule has 140 valence electrons. The molecule has 1 heterocycles. The highest BCUT2D eigenvalue weighted by molar-refractivity contribution is 5.95. The fourth-order valence-electron chi connectivity index (χ4n) is 2.97. The van der Waals surface area contributed by atoms with Crippen molar-refractivity contribution in [3.63, 3.8) is 0 Å². The van der Waals surface area contributed by atoms with Gasteiger partial charge in [-0.05, 0) is 29.2 Å². The number of nitrogens with one attached hydrogen (secondary N) is 2. The number of hydrogen-bond acceptors (Lipinski definition) is 3. The molecule has 27 heavy (non-hydrogen) atoms. The average molecular weight is 368 g/mol. The zero-order valence-electron chi connectivity index (χ0n) is 15.2. The lowest BCUT2D eigenvalue weighted by Gasteiger charge is -2.31. The monoisotopic (exact) mass is 368 g/mol. The van der Waals surface area contributed by atoms with Gasteiger partial charge in [0.05, 0.1) is 11.6 Å². The number of esters is 1. The summed E-state index contributed by atoms with van der Waals surface area (Å²) in [5.41, 5.74) is 2.30. The summed E-state index contributed by atoms with van der Waals surface area (Å²) in [6.07, 6.45) is 0. The number of benzene rings is 2. The minimum Gasteiger partial charge on any atom is -0.457 e. The van der Waals surface area contributed by atoms with Crippen molar-refractivity contribution in [3.05, 3.63) is 82.8 Å². The van der Waals surface area contributed by atoms with E-state index in [4.69, 9.17) is 4.74 Å². The molecule has 3 rings (SSSR count). The molecule has 0 fully saturated rings. The molecule has 2 N–H and O–H groups in total. The molecule has 0 saturated carbocycles. The highest BCUT2D eigenvalue weighted by Gasteiger charge is 2.34. The molecule has 6 heteroatoms. The first kappa shape index (κ1) is 18.6. The molecule has 1 unspecified atom stereocenters. The second-order valence-corrected chi connectivity index (χ2v) is 6.63. The highest BCUT2D eigenvalue weighted by atomic mass is 19.1. The molecule has 0 spiro atoms. The summed E-state index contributed by atoms with van der Waals surface area (Å²) in [5, 5.41) is 5.45. The van der Waals surface area contributed by atoms with E-state index in [1.807, 2.05) is 44.2 Å². The average Bonchev–Trinajstić information content (AvgIpc) is 2.66. The third-order valence-corrected chi connectivity index (χ3v) is 4.32. The van der Waals surface area contributed by atoms with E-state index in [-0.39, 0.29) is 18.3 Å². The van der Waals surface area contributed by atoms with Crippen molar-refractivity contribution >= 4 is 12.0 Å². The summed E-state index contributed by atoms with van der Waals surface area (Å²) in [5.74, 6) is -1.01. The highest BCUT2D eigenvalue weighted by Crippen LogP contribution is 2.30. The van der Waals surface area contributed by atoms with Gasteiger partial charge in [0, 0.05) is 5.70 Å². The molecular formula is C21H21FN2O3. The van der Waals surface area contributed by atoms with E-state index < -0.39 is 18.0 Å². The van der Waals surface area contributed by atoms with Crippen LogP contribution >= 0.6 is 0 Å². The molecular weight excluding hydrogens is 347 g/mol. The maximum Gasteiger partial charge on any atom is 0.338 e. The predicted molar refractivity (Wildman–Crippen MR) is 98.9 cm³/mol. The topological polar surface area (TPSA) is 67.4 Å². The number of amides is 2.